The van der Waals surface area contributed by atoms with Crippen LogP contribution in [0.1, 0.15) is 61.6 Å². The lowest BCUT2D eigenvalue weighted by Crippen LogP contribution is -2.29. The van der Waals surface area contributed by atoms with Crippen molar-refractivity contribution in [3.05, 3.63) is 108 Å². The van der Waals surface area contributed by atoms with Crippen molar-refractivity contribution in [1.82, 2.24) is 0 Å². The number of hydrogen-bond donors (Lipinski definition) is 0. The van der Waals surface area contributed by atoms with Crippen LogP contribution in [-0.4, -0.2) is 11.6 Å². The van der Waals surface area contributed by atoms with Gasteiger partial charge < -0.3 is 0 Å². The van der Waals surface area contributed by atoms with E-state index in [1.54, 1.807) is 0 Å². The van der Waals surface area contributed by atoms with Crippen LogP contribution in [0.25, 0.3) is 0 Å². The predicted molar refractivity (Wildman–Crippen MR) is 131 cm³/mol. The van der Waals surface area contributed by atoms with Crippen LogP contribution in [0.3, 0.4) is 0 Å². The average Bonchev–Trinajstić information content (AvgIpc) is 2.82. The first-order valence-corrected chi connectivity index (χ1v) is 11.5. The lowest BCUT2D eigenvalue weighted by Gasteiger charge is -2.36. The Hall–Kier alpha value is -2.50. The first kappa shape index (κ1) is 22.2. The summed E-state index contributed by atoms with van der Waals surface area (Å²) in [5.41, 5.74) is 3.90. The van der Waals surface area contributed by atoms with Crippen LogP contribution >= 0.6 is 8.86 Å². The van der Waals surface area contributed by atoms with Crippen LogP contribution in [0.5, 0.6) is 0 Å². The standard InChI is InChI=1S/C28H31OP/c29-27(23-30)21-13-2-1-3-14-22-28(24-15-7-4-8-16-24,25-17-9-5-10-18-25)26-19-11-6-12-20-26/h4-12,15-20,23,30H,1-3,13-14,21-22H2. The van der Waals surface area contributed by atoms with Crippen molar-refractivity contribution in [2.45, 2.75) is 50.4 Å². The number of carbonyl (C=O) groups excluding carboxylic acids is 1. The van der Waals surface area contributed by atoms with Gasteiger partial charge in [-0.1, -0.05) is 117 Å². The van der Waals surface area contributed by atoms with E-state index in [9.17, 15) is 4.79 Å². The van der Waals surface area contributed by atoms with Crippen molar-refractivity contribution in [3.63, 3.8) is 0 Å². The highest BCUT2D eigenvalue weighted by Crippen LogP contribution is 2.43. The van der Waals surface area contributed by atoms with E-state index in [2.05, 4.69) is 99.9 Å². The molecule has 0 aliphatic heterocycles. The van der Waals surface area contributed by atoms with Gasteiger partial charge in [0.2, 0.25) is 0 Å². The monoisotopic (exact) mass is 414 g/mol. The van der Waals surface area contributed by atoms with Gasteiger partial charge in [0.1, 0.15) is 0 Å². The van der Waals surface area contributed by atoms with Crippen molar-refractivity contribution in [2.24, 2.45) is 0 Å². The summed E-state index contributed by atoms with van der Waals surface area (Å²) in [5.74, 6) is 1.68. The SMILES string of the molecule is O=C(C=P)CCCCCCCC(c1ccccc1)(c1ccccc1)c1ccccc1. The Morgan fingerprint density at radius 1 is 0.633 bits per heavy atom. The summed E-state index contributed by atoms with van der Waals surface area (Å²) < 4.78 is 0. The van der Waals surface area contributed by atoms with Crippen LogP contribution in [0.15, 0.2) is 91.0 Å². The summed E-state index contributed by atoms with van der Waals surface area (Å²) in [5, 5.41) is 0. The highest BCUT2D eigenvalue weighted by Gasteiger charge is 2.35. The number of rotatable bonds is 12. The Morgan fingerprint density at radius 3 is 1.47 bits per heavy atom. The Kier molecular flexibility index (Phi) is 8.60. The van der Waals surface area contributed by atoms with Gasteiger partial charge in [-0.25, -0.2) is 0 Å². The number of ketones is 1. The summed E-state index contributed by atoms with van der Waals surface area (Å²) in [4.78, 5) is 11.4. The molecule has 0 saturated carbocycles. The molecule has 2 heteroatoms. The Labute approximate surface area is 183 Å². The Balaban J connectivity index is 1.81. The number of Topliss-reactive ketones (excluding diaryl/α,β-unsaturated/α-hetero) is 1. The van der Waals surface area contributed by atoms with Gasteiger partial charge >= 0.3 is 0 Å². The maximum atomic E-state index is 11.4. The smallest absolute Gasteiger partial charge is 0.159 e. The lowest BCUT2D eigenvalue weighted by atomic mass is 9.66. The maximum Gasteiger partial charge on any atom is 0.159 e. The van der Waals surface area contributed by atoms with E-state index >= 15 is 0 Å². The number of carbonyl (C=O) groups is 1. The molecule has 3 rings (SSSR count). The number of hydrogen-bond acceptors (Lipinski definition) is 1. The topological polar surface area (TPSA) is 17.1 Å². The minimum Gasteiger partial charge on any atom is -0.294 e. The van der Waals surface area contributed by atoms with Gasteiger partial charge in [-0.05, 0) is 29.5 Å². The molecule has 0 fully saturated rings. The van der Waals surface area contributed by atoms with Crippen molar-refractivity contribution in [3.8, 4) is 0 Å². The third kappa shape index (κ3) is 5.55. The molecule has 3 aromatic rings. The molecule has 0 N–H and O–H groups in total. The van der Waals surface area contributed by atoms with Gasteiger partial charge in [-0.15, -0.1) is 8.86 Å². The molecule has 0 amide bonds. The summed E-state index contributed by atoms with van der Waals surface area (Å²) in [7, 11) is 3.17. The summed E-state index contributed by atoms with van der Waals surface area (Å²) in [6, 6.07) is 32.8. The van der Waals surface area contributed by atoms with Crippen molar-refractivity contribution in [2.75, 3.05) is 0 Å². The molecule has 0 bridgehead atoms. The second-order valence-corrected chi connectivity index (χ2v) is 8.17. The quantitative estimate of drug-likeness (QED) is 0.173. The number of benzene rings is 3. The first-order chi connectivity index (χ1) is 14.8. The largest absolute Gasteiger partial charge is 0.294 e. The third-order valence-electron chi connectivity index (χ3n) is 5.94. The molecule has 3 aromatic carbocycles. The van der Waals surface area contributed by atoms with Crippen LogP contribution < -0.4 is 0 Å². The molecule has 154 valence electrons. The third-order valence-corrected chi connectivity index (χ3v) is 6.26. The van der Waals surface area contributed by atoms with E-state index in [0.717, 1.165) is 25.7 Å². The lowest BCUT2D eigenvalue weighted by molar-refractivity contribution is -0.112. The normalized spacial score (nSPS) is 11.2. The van der Waals surface area contributed by atoms with Crippen LogP contribution in [0.2, 0.25) is 0 Å². The van der Waals surface area contributed by atoms with Gasteiger partial charge in [0.15, 0.2) is 5.78 Å². The van der Waals surface area contributed by atoms with E-state index in [1.807, 2.05) is 0 Å². The second-order valence-electron chi connectivity index (χ2n) is 7.88. The molecule has 1 nitrogen and oxygen atoms in total. The Bertz CT molecular complexity index is 806. The maximum absolute atomic E-state index is 11.4. The molecule has 0 saturated heterocycles. The highest BCUT2D eigenvalue weighted by atomic mass is 31.0. The zero-order valence-electron chi connectivity index (χ0n) is 17.6. The zero-order valence-corrected chi connectivity index (χ0v) is 18.6. The average molecular weight is 415 g/mol. The molecule has 0 aromatic heterocycles. The fourth-order valence-corrected chi connectivity index (χ4v) is 4.54. The van der Waals surface area contributed by atoms with Crippen LogP contribution in [0.4, 0.5) is 0 Å². The molecule has 0 heterocycles. The predicted octanol–water partition coefficient (Wildman–Crippen LogP) is 7.27. The molecule has 30 heavy (non-hydrogen) atoms. The number of unbranched alkanes of at least 4 members (excludes halogenated alkanes) is 4. The molecule has 0 aliphatic rings. The summed E-state index contributed by atoms with van der Waals surface area (Å²) >= 11 is 0. The fourth-order valence-electron chi connectivity index (χ4n) is 4.39. The summed E-state index contributed by atoms with van der Waals surface area (Å²) in [6.07, 6.45) is 7.30. The fraction of sp³-hybridized carbons (Fsp3) is 0.286. The van der Waals surface area contributed by atoms with Gasteiger partial charge in [-0.3, -0.25) is 4.79 Å². The van der Waals surface area contributed by atoms with E-state index < -0.39 is 0 Å². The molecule has 0 radical (unpaired) electrons. The minimum atomic E-state index is -0.148. The van der Waals surface area contributed by atoms with Crippen LogP contribution in [0, 0.1) is 0 Å². The molecule has 0 unspecified atom stereocenters. The van der Waals surface area contributed by atoms with Gasteiger partial charge in [0.25, 0.3) is 0 Å². The Morgan fingerprint density at radius 2 is 1.03 bits per heavy atom. The molecular formula is C28H31OP. The zero-order chi connectivity index (χ0) is 21.1. The molecular weight excluding hydrogens is 383 g/mol. The van der Waals surface area contributed by atoms with Crippen LogP contribution in [-0.2, 0) is 10.2 Å². The van der Waals surface area contributed by atoms with Gasteiger partial charge in [0, 0.05) is 17.6 Å². The van der Waals surface area contributed by atoms with Gasteiger partial charge in [-0.2, -0.15) is 0 Å². The van der Waals surface area contributed by atoms with Crippen molar-refractivity contribution < 1.29 is 4.79 Å². The first-order valence-electron chi connectivity index (χ1n) is 11.0. The van der Waals surface area contributed by atoms with Gasteiger partial charge in [0.05, 0.1) is 0 Å². The summed E-state index contributed by atoms with van der Waals surface area (Å²) in [6.45, 7) is 0. The minimum absolute atomic E-state index is 0.148. The van der Waals surface area contributed by atoms with E-state index in [4.69, 9.17) is 0 Å². The van der Waals surface area contributed by atoms with Crippen molar-refractivity contribution in [1.29, 1.82) is 0 Å². The molecule has 0 aliphatic carbocycles. The molecule has 0 spiro atoms. The van der Waals surface area contributed by atoms with E-state index in [-0.39, 0.29) is 11.2 Å². The second kappa shape index (κ2) is 11.6. The van der Waals surface area contributed by atoms with E-state index in [0.29, 0.717) is 6.42 Å². The van der Waals surface area contributed by atoms with E-state index in [1.165, 1.54) is 35.3 Å². The highest BCUT2D eigenvalue weighted by molar-refractivity contribution is 7.22. The van der Waals surface area contributed by atoms with Crippen molar-refractivity contribution >= 4 is 20.4 Å². The molecule has 0 atom stereocenters.